The molecule has 158 valence electrons. The molecule has 0 aromatic carbocycles. The summed E-state index contributed by atoms with van der Waals surface area (Å²) < 4.78 is 0. The van der Waals surface area contributed by atoms with Gasteiger partial charge in [-0.2, -0.15) is 15.3 Å². The summed E-state index contributed by atoms with van der Waals surface area (Å²) in [5.41, 5.74) is 3.59. The van der Waals surface area contributed by atoms with Crippen LogP contribution in [-0.4, -0.2) is 71.4 Å². The molecule has 0 aromatic rings. The molecule has 0 saturated carbocycles. The zero-order valence-electron chi connectivity index (χ0n) is 18.2. The first-order valence-corrected chi connectivity index (χ1v) is 11.6. The Kier molecular flexibility index (Phi) is 8.62. The lowest BCUT2D eigenvalue weighted by atomic mass is 10.1. The van der Waals surface area contributed by atoms with E-state index >= 15 is 0 Å². The molecule has 0 aliphatic carbocycles. The minimum atomic E-state index is 0.861. The first-order valence-electron chi connectivity index (χ1n) is 11.6. The molecule has 0 radical (unpaired) electrons. The molecule has 0 atom stereocenters. The van der Waals surface area contributed by atoms with Gasteiger partial charge in [-0.25, -0.2) is 0 Å². The molecule has 0 unspecified atom stereocenters. The van der Waals surface area contributed by atoms with Gasteiger partial charge in [-0.3, -0.25) is 15.0 Å². The van der Waals surface area contributed by atoms with Crippen molar-refractivity contribution < 1.29 is 0 Å². The maximum atomic E-state index is 5.05. The van der Waals surface area contributed by atoms with Crippen LogP contribution in [0.4, 0.5) is 0 Å². The molecule has 0 bridgehead atoms. The summed E-state index contributed by atoms with van der Waals surface area (Å²) in [6, 6.07) is 0. The summed E-state index contributed by atoms with van der Waals surface area (Å²) in [4.78, 5) is 0. The quantitative estimate of drug-likeness (QED) is 0.610. The molecule has 3 aliphatic rings. The molecule has 3 heterocycles. The Labute approximate surface area is 171 Å². The van der Waals surface area contributed by atoms with Crippen LogP contribution < -0.4 is 0 Å². The molecule has 0 spiro atoms. The van der Waals surface area contributed by atoms with E-state index < -0.39 is 0 Å². The molecule has 3 fully saturated rings. The molecule has 6 heteroatoms. The van der Waals surface area contributed by atoms with E-state index in [4.69, 9.17) is 15.3 Å². The third-order valence-corrected chi connectivity index (χ3v) is 5.82. The van der Waals surface area contributed by atoms with Crippen molar-refractivity contribution in [3.05, 3.63) is 0 Å². The highest BCUT2D eigenvalue weighted by Crippen LogP contribution is 2.14. The molecule has 3 aliphatic heterocycles. The fraction of sp³-hybridized carbons (Fsp3) is 0.864. The lowest BCUT2D eigenvalue weighted by Crippen LogP contribution is -2.29. The van der Waals surface area contributed by atoms with Gasteiger partial charge in [-0.1, -0.05) is 0 Å². The van der Waals surface area contributed by atoms with E-state index in [-0.39, 0.29) is 0 Å². The predicted molar refractivity (Wildman–Crippen MR) is 119 cm³/mol. The molecule has 0 amide bonds. The highest BCUT2D eigenvalue weighted by molar-refractivity contribution is 6.11. The Hall–Kier alpha value is -1.59. The van der Waals surface area contributed by atoms with Gasteiger partial charge in [-0.15, -0.1) is 0 Å². The molecular formula is C22H40N6. The van der Waals surface area contributed by atoms with Crippen molar-refractivity contribution in [2.75, 3.05) is 39.3 Å². The third-order valence-electron chi connectivity index (χ3n) is 5.82. The Morgan fingerprint density at radius 2 is 0.821 bits per heavy atom. The highest BCUT2D eigenvalue weighted by atomic mass is 15.5. The van der Waals surface area contributed by atoms with Crippen molar-refractivity contribution in [2.24, 2.45) is 15.3 Å². The number of hydrazone groups is 3. The van der Waals surface area contributed by atoms with Crippen LogP contribution in [0.3, 0.4) is 0 Å². The smallest absolute Gasteiger partial charge is 0.0494 e. The number of hydrogen-bond acceptors (Lipinski definition) is 6. The van der Waals surface area contributed by atoms with E-state index in [1.807, 2.05) is 0 Å². The maximum absolute atomic E-state index is 5.05. The van der Waals surface area contributed by atoms with Crippen molar-refractivity contribution >= 4 is 17.1 Å². The van der Waals surface area contributed by atoms with Crippen LogP contribution in [0, 0.1) is 0 Å². The minimum Gasteiger partial charge on any atom is -0.297 e. The van der Waals surface area contributed by atoms with Gasteiger partial charge in [0.25, 0.3) is 0 Å². The molecule has 0 N–H and O–H groups in total. The van der Waals surface area contributed by atoms with Crippen molar-refractivity contribution in [3.8, 4) is 0 Å². The summed E-state index contributed by atoms with van der Waals surface area (Å²) in [6.07, 6.45) is 13.4. The van der Waals surface area contributed by atoms with Gasteiger partial charge in [-0.05, 0) is 71.6 Å². The lowest BCUT2D eigenvalue weighted by molar-refractivity contribution is 0.236. The standard InChI is InChI=1S/C22H40N6/c1-20(23-26-12-6-3-7-13-26)18-22(25-28-16-10-5-11-17-28)19-21(2)24-27-14-8-4-9-15-27/h3-19H2,1-2H3. The van der Waals surface area contributed by atoms with E-state index in [1.165, 1.54) is 74.9 Å². The molecule has 28 heavy (non-hydrogen) atoms. The lowest BCUT2D eigenvalue weighted by Gasteiger charge is -2.27. The van der Waals surface area contributed by atoms with E-state index in [1.54, 1.807) is 0 Å². The van der Waals surface area contributed by atoms with Crippen LogP contribution in [0.1, 0.15) is 84.5 Å². The van der Waals surface area contributed by atoms with Crippen LogP contribution >= 0.6 is 0 Å². The largest absolute Gasteiger partial charge is 0.297 e. The monoisotopic (exact) mass is 388 g/mol. The van der Waals surface area contributed by atoms with Crippen LogP contribution in [-0.2, 0) is 0 Å². The SMILES string of the molecule is CC(CC(CC(C)=NN1CCCCC1)=NN1CCCCC1)=NN1CCCCC1. The Bertz CT molecular complexity index is 511. The van der Waals surface area contributed by atoms with Crippen LogP contribution in [0.25, 0.3) is 0 Å². The molecule has 0 aromatic heterocycles. The van der Waals surface area contributed by atoms with Gasteiger partial charge in [0.05, 0.1) is 0 Å². The van der Waals surface area contributed by atoms with Crippen molar-refractivity contribution in [1.29, 1.82) is 0 Å². The number of rotatable bonds is 7. The highest BCUT2D eigenvalue weighted by Gasteiger charge is 2.14. The predicted octanol–water partition coefficient (Wildman–Crippen LogP) is 4.33. The summed E-state index contributed by atoms with van der Waals surface area (Å²) >= 11 is 0. The first-order chi connectivity index (χ1) is 13.7. The van der Waals surface area contributed by atoms with Crippen LogP contribution in [0.2, 0.25) is 0 Å². The van der Waals surface area contributed by atoms with Crippen molar-refractivity contribution in [3.63, 3.8) is 0 Å². The zero-order chi connectivity index (χ0) is 19.6. The minimum absolute atomic E-state index is 0.861. The fourth-order valence-corrected chi connectivity index (χ4v) is 4.41. The topological polar surface area (TPSA) is 46.8 Å². The summed E-state index contributed by atoms with van der Waals surface area (Å²) in [5, 5.41) is 21.6. The molecular weight excluding hydrogens is 348 g/mol. The van der Waals surface area contributed by atoms with E-state index in [0.29, 0.717) is 0 Å². The number of nitrogens with zero attached hydrogens (tertiary/aromatic N) is 6. The third kappa shape index (κ3) is 7.44. The van der Waals surface area contributed by atoms with Gasteiger partial charge in [0.15, 0.2) is 0 Å². The first kappa shape index (κ1) is 21.1. The fourth-order valence-electron chi connectivity index (χ4n) is 4.41. The molecule has 3 saturated heterocycles. The van der Waals surface area contributed by atoms with Gasteiger partial charge in [0, 0.05) is 69.2 Å². The molecule has 3 rings (SSSR count). The Morgan fingerprint density at radius 1 is 0.500 bits per heavy atom. The summed E-state index contributed by atoms with van der Waals surface area (Å²) in [5.74, 6) is 0. The van der Waals surface area contributed by atoms with Gasteiger partial charge in [0.1, 0.15) is 0 Å². The number of piperidine rings is 3. The maximum Gasteiger partial charge on any atom is 0.0494 e. The average molecular weight is 389 g/mol. The van der Waals surface area contributed by atoms with Gasteiger partial charge >= 0.3 is 0 Å². The van der Waals surface area contributed by atoms with Gasteiger partial charge < -0.3 is 0 Å². The Morgan fingerprint density at radius 3 is 1.18 bits per heavy atom. The zero-order valence-corrected chi connectivity index (χ0v) is 18.2. The summed E-state index contributed by atoms with van der Waals surface area (Å²) in [6.45, 7) is 10.9. The average Bonchev–Trinajstić information content (AvgIpc) is 2.70. The van der Waals surface area contributed by atoms with Crippen LogP contribution in [0.5, 0.6) is 0 Å². The van der Waals surface area contributed by atoms with Gasteiger partial charge in [0.2, 0.25) is 0 Å². The normalized spacial score (nSPS) is 22.4. The summed E-state index contributed by atoms with van der Waals surface area (Å²) in [7, 11) is 0. The van der Waals surface area contributed by atoms with E-state index in [0.717, 1.165) is 52.1 Å². The van der Waals surface area contributed by atoms with E-state index in [2.05, 4.69) is 28.9 Å². The second-order valence-electron chi connectivity index (χ2n) is 8.73. The Balaban J connectivity index is 1.64. The molecule has 6 nitrogen and oxygen atoms in total. The van der Waals surface area contributed by atoms with Crippen molar-refractivity contribution in [1.82, 2.24) is 15.0 Å². The second kappa shape index (κ2) is 11.4. The second-order valence-corrected chi connectivity index (χ2v) is 8.73. The van der Waals surface area contributed by atoms with Crippen molar-refractivity contribution in [2.45, 2.75) is 84.5 Å². The number of hydrogen-bond donors (Lipinski definition) is 0. The van der Waals surface area contributed by atoms with E-state index in [9.17, 15) is 0 Å². The van der Waals surface area contributed by atoms with Crippen LogP contribution in [0.15, 0.2) is 15.3 Å².